The third kappa shape index (κ3) is 3.98. The first kappa shape index (κ1) is 15.4. The van der Waals surface area contributed by atoms with Gasteiger partial charge in [-0.15, -0.1) is 0 Å². The third-order valence-corrected chi connectivity index (χ3v) is 3.37. The van der Waals surface area contributed by atoms with Crippen LogP contribution in [0.15, 0.2) is 12.4 Å². The van der Waals surface area contributed by atoms with Crippen LogP contribution in [-0.4, -0.2) is 45.8 Å². The molecule has 1 aromatic heterocycles. The third-order valence-electron chi connectivity index (χ3n) is 3.37. The van der Waals surface area contributed by atoms with Gasteiger partial charge in [-0.1, -0.05) is 13.8 Å². The number of carbonyl (C=O) groups is 2. The lowest BCUT2D eigenvalue weighted by Gasteiger charge is -2.32. The molecule has 1 saturated heterocycles. The molecule has 0 saturated carbocycles. The molecule has 0 bridgehead atoms. The van der Waals surface area contributed by atoms with Gasteiger partial charge < -0.3 is 5.32 Å². The van der Waals surface area contributed by atoms with Gasteiger partial charge >= 0.3 is 0 Å². The quantitative estimate of drug-likeness (QED) is 0.744. The van der Waals surface area contributed by atoms with Crippen molar-refractivity contribution in [3.05, 3.63) is 18.1 Å². The molecule has 1 unspecified atom stereocenters. The van der Waals surface area contributed by atoms with Crippen LogP contribution in [-0.2, 0) is 16.1 Å². The highest BCUT2D eigenvalue weighted by Gasteiger charge is 2.32. The highest BCUT2D eigenvalue weighted by Crippen LogP contribution is 2.13. The van der Waals surface area contributed by atoms with E-state index in [2.05, 4.69) is 27.5 Å². The summed E-state index contributed by atoms with van der Waals surface area (Å²) >= 11 is 0. The molecular weight excluding hydrogens is 270 g/mol. The fraction of sp³-hybridized carbons (Fsp3) is 0.571. The number of rotatable bonds is 6. The van der Waals surface area contributed by atoms with Gasteiger partial charge in [-0.25, -0.2) is 4.98 Å². The zero-order chi connectivity index (χ0) is 15.2. The average Bonchev–Trinajstić information content (AvgIpc) is 2.46. The molecule has 1 aromatic rings. The second-order valence-corrected chi connectivity index (χ2v) is 5.06. The lowest BCUT2D eigenvalue weighted by molar-refractivity contribution is -0.140. The molecule has 2 heterocycles. The number of amides is 2. The van der Waals surface area contributed by atoms with Gasteiger partial charge in [-0.3, -0.25) is 24.8 Å². The molecule has 1 aliphatic rings. The summed E-state index contributed by atoms with van der Waals surface area (Å²) in [6, 6.07) is -0.289. The molecule has 0 aromatic carbocycles. The smallest absolute Gasteiger partial charge is 0.243 e. The average molecular weight is 291 g/mol. The first-order valence-corrected chi connectivity index (χ1v) is 7.26. The van der Waals surface area contributed by atoms with E-state index < -0.39 is 0 Å². The molecule has 2 amide bonds. The lowest BCUT2D eigenvalue weighted by Crippen LogP contribution is -2.57. The Morgan fingerprint density at radius 1 is 1.33 bits per heavy atom. The Balaban J connectivity index is 2.02. The maximum absolute atomic E-state index is 11.8. The van der Waals surface area contributed by atoms with Gasteiger partial charge in [-0.05, 0) is 12.8 Å². The molecule has 7 nitrogen and oxygen atoms in total. The van der Waals surface area contributed by atoms with Crippen molar-refractivity contribution in [3.8, 4) is 0 Å². The van der Waals surface area contributed by atoms with Crippen LogP contribution in [0.4, 0.5) is 5.82 Å². The fourth-order valence-electron chi connectivity index (χ4n) is 2.32. The molecule has 1 fully saturated rings. The number of nitrogens with zero attached hydrogens (tertiary/aromatic N) is 3. The van der Waals surface area contributed by atoms with Gasteiger partial charge in [0, 0.05) is 13.1 Å². The Bertz CT molecular complexity index is 503. The Labute approximate surface area is 124 Å². The van der Waals surface area contributed by atoms with Crippen LogP contribution >= 0.6 is 0 Å². The number of hydrogen-bond donors (Lipinski definition) is 2. The van der Waals surface area contributed by atoms with Crippen LogP contribution in [0.25, 0.3) is 0 Å². The summed E-state index contributed by atoms with van der Waals surface area (Å²) in [5, 5.41) is 5.52. The summed E-state index contributed by atoms with van der Waals surface area (Å²) in [4.78, 5) is 33.7. The van der Waals surface area contributed by atoms with E-state index in [4.69, 9.17) is 0 Å². The van der Waals surface area contributed by atoms with Gasteiger partial charge in [-0.2, -0.15) is 0 Å². The van der Waals surface area contributed by atoms with Crippen molar-refractivity contribution < 1.29 is 9.59 Å². The van der Waals surface area contributed by atoms with Gasteiger partial charge in [0.15, 0.2) is 0 Å². The van der Waals surface area contributed by atoms with E-state index >= 15 is 0 Å². The predicted molar refractivity (Wildman–Crippen MR) is 78.5 cm³/mol. The highest BCUT2D eigenvalue weighted by molar-refractivity contribution is 6.01. The monoisotopic (exact) mass is 291 g/mol. The maximum Gasteiger partial charge on any atom is 0.243 e. The summed E-state index contributed by atoms with van der Waals surface area (Å²) < 4.78 is 0. The molecule has 2 rings (SSSR count). The minimum atomic E-state index is -0.289. The molecule has 0 spiro atoms. The molecule has 0 aliphatic carbocycles. The summed E-state index contributed by atoms with van der Waals surface area (Å²) in [6.45, 7) is 5.52. The number of piperazine rings is 1. The Morgan fingerprint density at radius 2 is 2.14 bits per heavy atom. The summed E-state index contributed by atoms with van der Waals surface area (Å²) in [5.74, 6) is 0.238. The topological polar surface area (TPSA) is 87.2 Å². The molecule has 21 heavy (non-hydrogen) atoms. The van der Waals surface area contributed by atoms with E-state index in [0.29, 0.717) is 13.0 Å². The van der Waals surface area contributed by atoms with Crippen molar-refractivity contribution >= 4 is 17.6 Å². The SMILES string of the molecule is CCCNc1cnc(CN2CC(=O)NC(=O)C2CC)cn1. The van der Waals surface area contributed by atoms with E-state index in [1.165, 1.54) is 0 Å². The zero-order valence-electron chi connectivity index (χ0n) is 12.4. The molecule has 2 N–H and O–H groups in total. The van der Waals surface area contributed by atoms with Crippen LogP contribution in [0.3, 0.4) is 0 Å². The van der Waals surface area contributed by atoms with Crippen molar-refractivity contribution in [2.24, 2.45) is 0 Å². The minimum Gasteiger partial charge on any atom is -0.369 e. The standard InChI is InChI=1S/C14H21N5O2/c1-3-5-15-12-7-16-10(6-17-12)8-19-9-13(20)18-14(21)11(19)4-2/h6-7,11H,3-5,8-9H2,1-2H3,(H,15,17)(H,18,20,21). The molecular formula is C14H21N5O2. The number of carbonyl (C=O) groups excluding carboxylic acids is 2. The largest absolute Gasteiger partial charge is 0.369 e. The van der Waals surface area contributed by atoms with E-state index in [0.717, 1.165) is 24.5 Å². The molecule has 1 aliphatic heterocycles. The van der Waals surface area contributed by atoms with Crippen molar-refractivity contribution in [2.75, 3.05) is 18.4 Å². The second kappa shape index (κ2) is 7.12. The van der Waals surface area contributed by atoms with Crippen molar-refractivity contribution in [1.82, 2.24) is 20.2 Å². The summed E-state index contributed by atoms with van der Waals surface area (Å²) in [7, 11) is 0. The normalized spacial score (nSPS) is 19.4. The van der Waals surface area contributed by atoms with Crippen molar-refractivity contribution in [2.45, 2.75) is 39.3 Å². The van der Waals surface area contributed by atoms with E-state index in [1.54, 1.807) is 12.4 Å². The number of imide groups is 1. The Kier molecular flexibility index (Phi) is 5.21. The molecule has 0 radical (unpaired) electrons. The lowest BCUT2D eigenvalue weighted by atomic mass is 10.1. The van der Waals surface area contributed by atoms with Gasteiger partial charge in [0.2, 0.25) is 11.8 Å². The van der Waals surface area contributed by atoms with Crippen LogP contribution < -0.4 is 10.6 Å². The van der Waals surface area contributed by atoms with E-state index in [-0.39, 0.29) is 24.4 Å². The summed E-state index contributed by atoms with van der Waals surface area (Å²) in [6.07, 6.45) is 5.04. The maximum atomic E-state index is 11.8. The predicted octanol–water partition coefficient (Wildman–Crippen LogP) is 0.535. The van der Waals surface area contributed by atoms with Crippen LogP contribution in [0.5, 0.6) is 0 Å². The highest BCUT2D eigenvalue weighted by atomic mass is 16.2. The zero-order valence-corrected chi connectivity index (χ0v) is 12.4. The van der Waals surface area contributed by atoms with Crippen molar-refractivity contribution in [3.63, 3.8) is 0 Å². The van der Waals surface area contributed by atoms with E-state index in [1.807, 2.05) is 11.8 Å². The Morgan fingerprint density at radius 3 is 2.76 bits per heavy atom. The second-order valence-electron chi connectivity index (χ2n) is 5.06. The number of anilines is 1. The van der Waals surface area contributed by atoms with Gasteiger partial charge in [0.05, 0.1) is 30.7 Å². The fourth-order valence-corrected chi connectivity index (χ4v) is 2.32. The van der Waals surface area contributed by atoms with Crippen LogP contribution in [0, 0.1) is 0 Å². The van der Waals surface area contributed by atoms with Crippen molar-refractivity contribution in [1.29, 1.82) is 0 Å². The first-order chi connectivity index (χ1) is 10.1. The molecule has 114 valence electrons. The number of aromatic nitrogens is 2. The van der Waals surface area contributed by atoms with Crippen LogP contribution in [0.2, 0.25) is 0 Å². The number of hydrogen-bond acceptors (Lipinski definition) is 6. The van der Waals surface area contributed by atoms with Crippen LogP contribution in [0.1, 0.15) is 32.4 Å². The molecule has 1 atom stereocenters. The minimum absolute atomic E-state index is 0.210. The summed E-state index contributed by atoms with van der Waals surface area (Å²) in [5.41, 5.74) is 0.748. The van der Waals surface area contributed by atoms with E-state index in [9.17, 15) is 9.59 Å². The number of nitrogens with one attached hydrogen (secondary N) is 2. The van der Waals surface area contributed by atoms with Gasteiger partial charge in [0.25, 0.3) is 0 Å². The molecule has 7 heteroatoms. The first-order valence-electron chi connectivity index (χ1n) is 7.26. The van der Waals surface area contributed by atoms with Gasteiger partial charge in [0.1, 0.15) is 5.82 Å². The Hall–Kier alpha value is -2.02.